The van der Waals surface area contributed by atoms with Crippen molar-refractivity contribution in [2.45, 2.75) is 25.8 Å². The molecule has 1 heterocycles. The van der Waals surface area contributed by atoms with Gasteiger partial charge in [0, 0.05) is 31.7 Å². The van der Waals surface area contributed by atoms with Gasteiger partial charge >= 0.3 is 0 Å². The van der Waals surface area contributed by atoms with Gasteiger partial charge in [0.15, 0.2) is 0 Å². The van der Waals surface area contributed by atoms with E-state index in [0.29, 0.717) is 6.42 Å². The highest BCUT2D eigenvalue weighted by atomic mass is 16.4. The van der Waals surface area contributed by atoms with E-state index in [1.165, 1.54) is 0 Å². The number of amides is 1. The van der Waals surface area contributed by atoms with E-state index >= 15 is 0 Å². The van der Waals surface area contributed by atoms with Gasteiger partial charge in [0.25, 0.3) is 0 Å². The number of carboxylic acids is 2. The minimum atomic E-state index is -2.19. The smallest absolute Gasteiger partial charge is 0.227 e. The monoisotopic (exact) mass is 346 g/mol. The number of carboxylic acid groups (broad SMARTS) is 2. The van der Waals surface area contributed by atoms with Crippen LogP contribution in [0.1, 0.15) is 19.8 Å². The van der Waals surface area contributed by atoms with Crippen LogP contribution in [0.4, 0.5) is 5.69 Å². The Bertz CT molecular complexity index is 591. The third-order valence-corrected chi connectivity index (χ3v) is 3.77. The molecule has 0 aliphatic carbocycles. The molecule has 2 rings (SSSR count). The Morgan fingerprint density at radius 3 is 2.32 bits per heavy atom. The molecule has 1 aliphatic heterocycles. The van der Waals surface area contributed by atoms with Gasteiger partial charge in [-0.05, 0) is 18.6 Å². The van der Waals surface area contributed by atoms with Crippen LogP contribution in [0, 0.1) is 0 Å². The number of benzene rings is 1. The number of carbonyl (C=O) groups excluding carboxylic acids is 3. The summed E-state index contributed by atoms with van der Waals surface area (Å²) >= 11 is 0. The van der Waals surface area contributed by atoms with Gasteiger partial charge in [0.1, 0.15) is 0 Å². The number of rotatable bonds is 5. The molecule has 136 valence electrons. The second-order valence-electron chi connectivity index (χ2n) is 5.52. The molecule has 0 aromatic heterocycles. The second kappa shape index (κ2) is 10.2. The van der Waals surface area contributed by atoms with Gasteiger partial charge in [-0.1, -0.05) is 31.2 Å². The number of likely N-dealkylation sites (tertiary alicyclic amines) is 1. The lowest BCUT2D eigenvalue weighted by Crippen LogP contribution is -2.42. The summed E-state index contributed by atoms with van der Waals surface area (Å²) in [6.07, 6.45) is 3.51. The highest BCUT2D eigenvalue weighted by molar-refractivity contribution is 6.25. The fraction of sp³-hybridized carbons (Fsp3) is 0.389. The lowest BCUT2D eigenvalue weighted by atomic mass is 10.1. The van der Waals surface area contributed by atoms with Crippen molar-refractivity contribution in [2.75, 3.05) is 24.5 Å². The van der Waals surface area contributed by atoms with Crippen LogP contribution in [-0.2, 0) is 14.4 Å². The predicted molar refractivity (Wildman–Crippen MR) is 89.3 cm³/mol. The quantitative estimate of drug-likeness (QED) is 0.509. The first kappa shape index (κ1) is 20.4. The van der Waals surface area contributed by atoms with Crippen LogP contribution in [0.2, 0.25) is 0 Å². The summed E-state index contributed by atoms with van der Waals surface area (Å²) in [4.78, 5) is 34.4. The predicted octanol–water partition coefficient (Wildman–Crippen LogP) is -0.824. The summed E-state index contributed by atoms with van der Waals surface area (Å²) in [5.74, 6) is -4.17. The van der Waals surface area contributed by atoms with Gasteiger partial charge in [-0.2, -0.15) is 0 Å². The third-order valence-electron chi connectivity index (χ3n) is 3.77. The molecule has 7 nitrogen and oxygen atoms in total. The molecule has 25 heavy (non-hydrogen) atoms. The summed E-state index contributed by atoms with van der Waals surface area (Å²) in [5, 5.41) is 17.9. The Labute approximate surface area is 147 Å². The maximum absolute atomic E-state index is 12.3. The van der Waals surface area contributed by atoms with E-state index in [1.54, 1.807) is 0 Å². The number of nitrogens with zero attached hydrogens (tertiary/aromatic N) is 2. The largest absolute Gasteiger partial charge is 0.543 e. The van der Waals surface area contributed by atoms with Crippen molar-refractivity contribution in [1.29, 1.82) is 0 Å². The molecule has 0 saturated carbocycles. The summed E-state index contributed by atoms with van der Waals surface area (Å²) in [6, 6.07) is 10.3. The van der Waals surface area contributed by atoms with Crippen LogP contribution in [0.25, 0.3) is 0 Å². The highest BCUT2D eigenvalue weighted by Gasteiger charge is 2.30. The molecule has 1 aromatic rings. The summed E-state index contributed by atoms with van der Waals surface area (Å²) in [5.41, 5.74) is 1.01. The number of carbonyl (C=O) groups is 3. The molecule has 1 atom stereocenters. The van der Waals surface area contributed by atoms with Crippen molar-refractivity contribution < 1.29 is 24.6 Å². The van der Waals surface area contributed by atoms with Gasteiger partial charge < -0.3 is 24.7 Å². The number of aliphatic carboxylic acids is 2. The average Bonchev–Trinajstić information content (AvgIpc) is 3.05. The molecule has 1 aromatic carbocycles. The Morgan fingerprint density at radius 1 is 1.24 bits per heavy atom. The first-order valence-electron chi connectivity index (χ1n) is 8.03. The van der Waals surface area contributed by atoms with E-state index < -0.39 is 11.9 Å². The molecule has 1 saturated heterocycles. The topological polar surface area (TPSA) is 104 Å². The maximum Gasteiger partial charge on any atom is 0.227 e. The van der Waals surface area contributed by atoms with E-state index in [-0.39, 0.29) is 11.9 Å². The van der Waals surface area contributed by atoms with Gasteiger partial charge in [0.2, 0.25) is 5.91 Å². The number of hydrogen-bond donors (Lipinski definition) is 0. The zero-order valence-electron chi connectivity index (χ0n) is 14.2. The third kappa shape index (κ3) is 6.39. The van der Waals surface area contributed by atoms with Crippen LogP contribution < -0.4 is 15.1 Å². The first-order valence-corrected chi connectivity index (χ1v) is 8.03. The van der Waals surface area contributed by atoms with Crippen molar-refractivity contribution in [3.05, 3.63) is 43.0 Å². The van der Waals surface area contributed by atoms with Crippen LogP contribution in [-0.4, -0.2) is 48.4 Å². The SMILES string of the molecule is C=CCN1CCC(N(C(=O)CC)c2ccccc2)C1.O=C([O-])C(=O)[O-]. The molecule has 0 N–H and O–H groups in total. The Hall–Kier alpha value is -2.67. The van der Waals surface area contributed by atoms with Crippen LogP contribution in [0.5, 0.6) is 0 Å². The van der Waals surface area contributed by atoms with Crippen LogP contribution in [0.3, 0.4) is 0 Å². The van der Waals surface area contributed by atoms with Crippen molar-refractivity contribution in [3.63, 3.8) is 0 Å². The van der Waals surface area contributed by atoms with E-state index in [2.05, 4.69) is 11.5 Å². The zero-order chi connectivity index (χ0) is 18.8. The summed E-state index contributed by atoms with van der Waals surface area (Å²) < 4.78 is 0. The Kier molecular flexibility index (Phi) is 8.35. The number of hydrogen-bond acceptors (Lipinski definition) is 6. The highest BCUT2D eigenvalue weighted by Crippen LogP contribution is 2.23. The second-order valence-corrected chi connectivity index (χ2v) is 5.52. The Balaban J connectivity index is 0.000000450. The normalized spacial score (nSPS) is 16.4. The fourth-order valence-corrected chi connectivity index (χ4v) is 2.69. The van der Waals surface area contributed by atoms with E-state index in [4.69, 9.17) is 19.8 Å². The first-order chi connectivity index (χ1) is 11.9. The van der Waals surface area contributed by atoms with E-state index in [9.17, 15) is 4.79 Å². The number of para-hydroxylation sites is 1. The Morgan fingerprint density at radius 2 is 1.84 bits per heavy atom. The molecular weight excluding hydrogens is 324 g/mol. The van der Waals surface area contributed by atoms with Crippen LogP contribution in [0.15, 0.2) is 43.0 Å². The van der Waals surface area contributed by atoms with Crippen molar-refractivity contribution in [3.8, 4) is 0 Å². The standard InChI is InChI=1S/C16H22N2O.C2H2O4/c1-3-11-17-12-10-15(13-17)18(16(19)4-2)14-8-6-5-7-9-14;3-1(4)2(5)6/h3,5-9,15H,1,4,10-13H2,2H3;(H,3,4)(H,5,6)/p-2. The molecule has 0 radical (unpaired) electrons. The molecule has 7 heteroatoms. The lowest BCUT2D eigenvalue weighted by molar-refractivity contribution is -0.345. The molecule has 1 amide bonds. The van der Waals surface area contributed by atoms with Gasteiger partial charge in [-0.25, -0.2) is 0 Å². The summed E-state index contributed by atoms with van der Waals surface area (Å²) in [6.45, 7) is 8.58. The van der Waals surface area contributed by atoms with Gasteiger partial charge in [-0.15, -0.1) is 6.58 Å². The van der Waals surface area contributed by atoms with Crippen LogP contribution >= 0.6 is 0 Å². The molecule has 1 fully saturated rings. The van der Waals surface area contributed by atoms with Crippen molar-refractivity contribution in [2.24, 2.45) is 0 Å². The molecule has 0 spiro atoms. The zero-order valence-corrected chi connectivity index (χ0v) is 14.2. The van der Waals surface area contributed by atoms with Crippen molar-refractivity contribution >= 4 is 23.5 Å². The molecule has 1 aliphatic rings. The van der Waals surface area contributed by atoms with E-state index in [1.807, 2.05) is 48.2 Å². The summed E-state index contributed by atoms with van der Waals surface area (Å²) in [7, 11) is 0. The molecular formula is C18H22N2O5-2. The minimum Gasteiger partial charge on any atom is -0.543 e. The average molecular weight is 346 g/mol. The van der Waals surface area contributed by atoms with E-state index in [0.717, 1.165) is 31.7 Å². The van der Waals surface area contributed by atoms with Crippen molar-refractivity contribution in [1.82, 2.24) is 4.90 Å². The minimum absolute atomic E-state index is 0.205. The lowest BCUT2D eigenvalue weighted by Gasteiger charge is -2.29. The van der Waals surface area contributed by atoms with Gasteiger partial charge in [-0.3, -0.25) is 9.69 Å². The molecule has 1 unspecified atom stereocenters. The molecule has 0 bridgehead atoms. The fourth-order valence-electron chi connectivity index (χ4n) is 2.69. The number of anilines is 1. The maximum atomic E-state index is 12.3. The van der Waals surface area contributed by atoms with Gasteiger partial charge in [0.05, 0.1) is 18.0 Å².